The summed E-state index contributed by atoms with van der Waals surface area (Å²) in [6.07, 6.45) is 5.65. The lowest BCUT2D eigenvalue weighted by Crippen LogP contribution is -2.74. The predicted molar refractivity (Wildman–Crippen MR) is 255 cm³/mol. The fourth-order valence-electron chi connectivity index (χ4n) is 10.8. The van der Waals surface area contributed by atoms with Gasteiger partial charge in [-0.3, -0.25) is 19.3 Å². The van der Waals surface area contributed by atoms with Crippen molar-refractivity contribution >= 4 is 35.1 Å². The number of nitrogens with zero attached hydrogens (tertiary/aromatic N) is 6. The molecule has 0 unspecified atom stereocenters. The van der Waals surface area contributed by atoms with E-state index in [1.165, 1.54) is 12.0 Å². The summed E-state index contributed by atoms with van der Waals surface area (Å²) in [4.78, 5) is 52.2. The third-order valence-corrected chi connectivity index (χ3v) is 14.5. The van der Waals surface area contributed by atoms with Crippen LogP contribution in [0.4, 0.5) is 5.82 Å². The summed E-state index contributed by atoms with van der Waals surface area (Å²) in [5, 5.41) is 39.2. The molecule has 3 amide bonds. The number of pyridine rings is 1. The zero-order valence-electron chi connectivity index (χ0n) is 39.9. The van der Waals surface area contributed by atoms with E-state index in [9.17, 15) is 30.0 Å². The Labute approximate surface area is 399 Å². The molecule has 356 valence electrons. The Hall–Kier alpha value is -5.87. The third kappa shape index (κ3) is 10.3. The van der Waals surface area contributed by atoms with Gasteiger partial charge in [-0.1, -0.05) is 65.3 Å². The van der Waals surface area contributed by atoms with Crippen molar-refractivity contribution < 1.29 is 29.0 Å². The number of rotatable bonds is 15. The number of unbranched alkanes of at least 4 members (excludes halogenated alkanes) is 1. The molecule has 1 saturated carbocycles. The first-order valence-corrected chi connectivity index (χ1v) is 23.6. The number of hydrogen-bond donors (Lipinski definition) is 4. The summed E-state index contributed by atoms with van der Waals surface area (Å²) in [5.41, 5.74) is 1.81. The number of aromatic nitrogens is 1. The van der Waals surface area contributed by atoms with Gasteiger partial charge in [0, 0.05) is 85.0 Å². The van der Waals surface area contributed by atoms with Crippen molar-refractivity contribution in [3.63, 3.8) is 0 Å². The largest absolute Gasteiger partial charge is 0.496 e. The highest BCUT2D eigenvalue weighted by molar-refractivity contribution is 6.31. The van der Waals surface area contributed by atoms with Gasteiger partial charge in [-0.25, -0.2) is 4.98 Å². The van der Waals surface area contributed by atoms with E-state index in [1.54, 1.807) is 42.6 Å². The van der Waals surface area contributed by atoms with E-state index in [0.29, 0.717) is 38.8 Å². The molecule has 3 fully saturated rings. The molecule has 4 atom stereocenters. The van der Waals surface area contributed by atoms with Crippen LogP contribution >= 0.6 is 11.6 Å². The molecule has 1 aromatic heterocycles. The Morgan fingerprint density at radius 2 is 1.72 bits per heavy atom. The van der Waals surface area contributed by atoms with Gasteiger partial charge in [0.25, 0.3) is 5.91 Å². The van der Waals surface area contributed by atoms with Crippen LogP contribution in [0.5, 0.6) is 11.5 Å². The average molecular weight is 935 g/mol. The molecule has 67 heavy (non-hydrogen) atoms. The van der Waals surface area contributed by atoms with Crippen molar-refractivity contribution in [2.24, 2.45) is 16.2 Å². The first-order chi connectivity index (χ1) is 31.8. The predicted octanol–water partition coefficient (Wildman–Crippen LogP) is 6.11. The number of amides is 3. The average Bonchev–Trinajstić information content (AvgIpc) is 3.86. The van der Waals surface area contributed by atoms with Crippen LogP contribution in [0.2, 0.25) is 5.02 Å². The second kappa shape index (κ2) is 19.8. The number of anilines is 1. The molecule has 4 N–H and O–H groups in total. The van der Waals surface area contributed by atoms with Crippen LogP contribution in [-0.2, 0) is 9.59 Å². The van der Waals surface area contributed by atoms with Crippen molar-refractivity contribution in [3.8, 4) is 23.6 Å². The standard InChI is InChI=1S/C51H64ClN9O6/c1-31(38-16-12-32(27-53)23-41(38)66-8)56-45(64)40-24-36(62)30-61(40)46(65)43-49(2,3)26-35(57-43)11-9-10-18-59-19-21-60(22-20-59)42-17-14-34(29-55-42)44(63)58-47-50(4,5)48(51(47,6)7)67-37-15-13-33(28-54)39(52)25-37/h12-17,23,25-26,29,31,36,40,43,47-48,57,62H,9-11,18-22,24,30H2,1-8H3,(H,56,64)(H,58,63)/t31-,36+,40-,43+,47?,48?/m0/s1. The van der Waals surface area contributed by atoms with E-state index >= 15 is 0 Å². The zero-order valence-corrected chi connectivity index (χ0v) is 40.6. The summed E-state index contributed by atoms with van der Waals surface area (Å²) in [5.74, 6) is 1.17. The van der Waals surface area contributed by atoms with E-state index in [-0.39, 0.29) is 53.7 Å². The molecule has 0 spiro atoms. The Balaban J connectivity index is 0.833. The van der Waals surface area contributed by atoms with Gasteiger partial charge in [-0.2, -0.15) is 10.5 Å². The highest BCUT2D eigenvalue weighted by Crippen LogP contribution is 2.55. The number of ether oxygens (including phenoxy) is 2. The van der Waals surface area contributed by atoms with Crippen LogP contribution in [-0.4, -0.2) is 114 Å². The number of aliphatic hydroxyl groups is 1. The number of hydrogen-bond acceptors (Lipinski definition) is 12. The molecule has 16 heteroatoms. The summed E-state index contributed by atoms with van der Waals surface area (Å²) in [6.45, 7) is 18.7. The molecule has 4 aliphatic rings. The van der Waals surface area contributed by atoms with Gasteiger partial charge in [0.2, 0.25) is 11.8 Å². The minimum absolute atomic E-state index is 0.0802. The van der Waals surface area contributed by atoms with Gasteiger partial charge < -0.3 is 40.3 Å². The fourth-order valence-corrected chi connectivity index (χ4v) is 11.0. The summed E-state index contributed by atoms with van der Waals surface area (Å²) < 4.78 is 11.9. The Kier molecular flexibility index (Phi) is 14.5. The molecule has 2 saturated heterocycles. The molecule has 7 rings (SSSR count). The highest BCUT2D eigenvalue weighted by Gasteiger charge is 2.64. The minimum Gasteiger partial charge on any atom is -0.496 e. The van der Waals surface area contributed by atoms with Crippen molar-refractivity contribution in [2.75, 3.05) is 51.3 Å². The van der Waals surface area contributed by atoms with Gasteiger partial charge >= 0.3 is 0 Å². The molecule has 0 radical (unpaired) electrons. The van der Waals surface area contributed by atoms with E-state index in [0.717, 1.165) is 63.5 Å². The normalized spacial score (nSPS) is 24.2. The highest BCUT2D eigenvalue weighted by atomic mass is 35.5. The number of piperazine rings is 1. The Bertz CT molecular complexity index is 2440. The van der Waals surface area contributed by atoms with Crippen LogP contribution in [0.1, 0.15) is 107 Å². The maximum atomic E-state index is 14.1. The molecule has 2 aromatic carbocycles. The van der Waals surface area contributed by atoms with E-state index in [4.69, 9.17) is 26.1 Å². The van der Waals surface area contributed by atoms with Crippen molar-refractivity contribution in [1.29, 1.82) is 10.5 Å². The molecular formula is C51H64ClN9O6. The molecule has 3 aliphatic heterocycles. The van der Waals surface area contributed by atoms with Crippen LogP contribution < -0.4 is 30.3 Å². The smallest absolute Gasteiger partial charge is 0.253 e. The summed E-state index contributed by atoms with van der Waals surface area (Å²) in [7, 11) is 1.51. The fraction of sp³-hybridized carbons (Fsp3) is 0.529. The number of likely N-dealkylation sites (tertiary alicyclic amines) is 1. The van der Waals surface area contributed by atoms with Gasteiger partial charge in [-0.05, 0) is 69.1 Å². The number of aliphatic hydroxyl groups excluding tert-OH is 1. The molecule has 4 heterocycles. The summed E-state index contributed by atoms with van der Waals surface area (Å²) in [6, 6.07) is 16.0. The van der Waals surface area contributed by atoms with Crippen LogP contribution in [0, 0.1) is 38.9 Å². The van der Waals surface area contributed by atoms with E-state index in [2.05, 4.69) is 71.7 Å². The Morgan fingerprint density at radius 3 is 2.36 bits per heavy atom. The molecule has 0 bridgehead atoms. The molecule has 3 aromatic rings. The second-order valence-electron chi connectivity index (χ2n) is 20.3. The number of nitrogens with one attached hydrogen (secondary N) is 3. The lowest BCUT2D eigenvalue weighted by Gasteiger charge is -2.63. The molecule has 15 nitrogen and oxygen atoms in total. The zero-order chi connectivity index (χ0) is 48.4. The maximum absolute atomic E-state index is 14.1. The number of carbonyl (C=O) groups excluding carboxylic acids is 3. The topological polar surface area (TPSA) is 196 Å². The lowest BCUT2D eigenvalue weighted by atomic mass is 9.49. The number of carbonyl (C=O) groups is 3. The Morgan fingerprint density at radius 1 is 0.985 bits per heavy atom. The van der Waals surface area contributed by atoms with Crippen LogP contribution in [0.15, 0.2) is 66.5 Å². The minimum atomic E-state index is -0.823. The van der Waals surface area contributed by atoms with E-state index in [1.807, 2.05) is 32.9 Å². The van der Waals surface area contributed by atoms with Crippen LogP contribution in [0.3, 0.4) is 0 Å². The van der Waals surface area contributed by atoms with Crippen LogP contribution in [0.25, 0.3) is 0 Å². The van der Waals surface area contributed by atoms with Gasteiger partial charge in [0.05, 0.1) is 47.0 Å². The second-order valence-corrected chi connectivity index (χ2v) is 20.7. The first-order valence-electron chi connectivity index (χ1n) is 23.2. The van der Waals surface area contributed by atoms with Crippen molar-refractivity contribution in [3.05, 3.63) is 93.8 Å². The third-order valence-electron chi connectivity index (χ3n) is 14.2. The van der Waals surface area contributed by atoms with Gasteiger partial charge in [0.15, 0.2) is 0 Å². The van der Waals surface area contributed by atoms with E-state index < -0.39 is 29.6 Å². The first kappa shape index (κ1) is 49.0. The molecular weight excluding hydrogens is 870 g/mol. The van der Waals surface area contributed by atoms with Crippen molar-refractivity contribution in [2.45, 2.75) is 111 Å². The number of allylic oxidation sites excluding steroid dienone is 1. The lowest BCUT2D eigenvalue weighted by molar-refractivity contribution is -0.164. The number of benzene rings is 2. The number of nitriles is 2. The summed E-state index contributed by atoms with van der Waals surface area (Å²) >= 11 is 6.26. The number of halogens is 1. The SMILES string of the molecule is COc1cc(C#N)ccc1[C@H](C)NC(=O)[C@@H]1C[C@@H](O)CN1C(=O)[C@H]1NC(CCCCN2CCN(c3ccc(C(=O)NC4C(C)(C)C(Oc5ccc(C#N)c(Cl)c5)C4(C)C)cn3)CC2)=CC1(C)C. The number of β-amino-alcohol motifs (C(OH)–C–C–N with tert-alkyl or cyclic N) is 1. The monoisotopic (exact) mass is 933 g/mol. The molecule has 1 aliphatic carbocycles. The maximum Gasteiger partial charge on any atom is 0.253 e. The van der Waals surface area contributed by atoms with Gasteiger partial charge in [-0.15, -0.1) is 0 Å². The van der Waals surface area contributed by atoms with Gasteiger partial charge in [0.1, 0.15) is 41.6 Å². The quantitative estimate of drug-likeness (QED) is 0.128. The van der Waals surface area contributed by atoms with Crippen molar-refractivity contribution in [1.82, 2.24) is 30.7 Å². The number of methoxy groups -OCH3 is 1.